The van der Waals surface area contributed by atoms with Gasteiger partial charge >= 0.3 is 0 Å². The van der Waals surface area contributed by atoms with Crippen molar-refractivity contribution in [3.8, 4) is 0 Å². The number of hydrogen-bond acceptors (Lipinski definition) is 4. The zero-order valence-electron chi connectivity index (χ0n) is 8.92. The number of anilines is 1. The third kappa shape index (κ3) is 2.77. The Morgan fingerprint density at radius 3 is 2.50 bits per heavy atom. The van der Waals surface area contributed by atoms with Gasteiger partial charge in [0, 0.05) is 5.41 Å². The van der Waals surface area contributed by atoms with E-state index in [9.17, 15) is 4.79 Å². The van der Waals surface area contributed by atoms with Gasteiger partial charge in [-0.3, -0.25) is 4.79 Å². The van der Waals surface area contributed by atoms with Crippen LogP contribution in [0, 0.1) is 5.41 Å². The number of amides is 1. The van der Waals surface area contributed by atoms with E-state index < -0.39 is 5.41 Å². The Kier molecular flexibility index (Phi) is 3.21. The molecule has 5 heteroatoms. The molecule has 0 atom stereocenters. The summed E-state index contributed by atoms with van der Waals surface area (Å²) in [5.41, 5.74) is -0.391. The zero-order chi connectivity index (χ0) is 10.8. The van der Waals surface area contributed by atoms with E-state index in [1.807, 2.05) is 27.7 Å². The molecule has 1 N–H and O–H groups in total. The highest BCUT2D eigenvalue weighted by Gasteiger charge is 2.22. The Labute approximate surface area is 87.7 Å². The Morgan fingerprint density at radius 1 is 1.43 bits per heavy atom. The maximum Gasteiger partial charge on any atom is 0.231 e. The van der Waals surface area contributed by atoms with Crippen LogP contribution in [-0.2, 0) is 11.2 Å². The van der Waals surface area contributed by atoms with Gasteiger partial charge < -0.3 is 5.32 Å². The second-order valence-electron chi connectivity index (χ2n) is 4.06. The minimum Gasteiger partial charge on any atom is -0.300 e. The largest absolute Gasteiger partial charge is 0.300 e. The highest BCUT2D eigenvalue weighted by Crippen LogP contribution is 2.20. The molecular formula is C9H15N3OS. The van der Waals surface area contributed by atoms with Crippen molar-refractivity contribution in [1.82, 2.24) is 10.2 Å². The zero-order valence-corrected chi connectivity index (χ0v) is 9.73. The first-order valence-electron chi connectivity index (χ1n) is 4.57. The second-order valence-corrected chi connectivity index (χ2v) is 5.12. The van der Waals surface area contributed by atoms with E-state index in [1.165, 1.54) is 11.3 Å². The molecule has 1 rings (SSSR count). The van der Waals surface area contributed by atoms with Gasteiger partial charge in [-0.05, 0) is 6.42 Å². The predicted octanol–water partition coefficient (Wildman–Crippen LogP) is 2.09. The van der Waals surface area contributed by atoms with Gasteiger partial charge in [-0.15, -0.1) is 10.2 Å². The molecule has 0 saturated heterocycles. The summed E-state index contributed by atoms with van der Waals surface area (Å²) in [5.74, 6) is -0.0312. The van der Waals surface area contributed by atoms with E-state index in [0.29, 0.717) is 5.13 Å². The first-order chi connectivity index (χ1) is 6.43. The molecule has 0 radical (unpaired) electrons. The molecule has 0 aliphatic carbocycles. The Bertz CT molecular complexity index is 327. The fourth-order valence-corrected chi connectivity index (χ4v) is 1.41. The maximum atomic E-state index is 11.6. The number of aryl methyl sites for hydroxylation is 1. The fourth-order valence-electron chi connectivity index (χ4n) is 0.732. The van der Waals surface area contributed by atoms with Crippen molar-refractivity contribution in [2.75, 3.05) is 5.32 Å². The Morgan fingerprint density at radius 2 is 2.07 bits per heavy atom. The molecule has 0 unspecified atom stereocenters. The first kappa shape index (κ1) is 11.1. The maximum absolute atomic E-state index is 11.6. The van der Waals surface area contributed by atoms with Crippen LogP contribution in [0.2, 0.25) is 0 Å². The number of nitrogens with zero attached hydrogens (tertiary/aromatic N) is 2. The third-order valence-electron chi connectivity index (χ3n) is 1.67. The average Bonchev–Trinajstić information content (AvgIpc) is 2.50. The SMILES string of the molecule is CCc1nnc(NC(=O)C(C)(C)C)s1. The molecule has 1 heterocycles. The van der Waals surface area contributed by atoms with Crippen LogP contribution in [0.1, 0.15) is 32.7 Å². The summed E-state index contributed by atoms with van der Waals surface area (Å²) in [7, 11) is 0. The number of rotatable bonds is 2. The summed E-state index contributed by atoms with van der Waals surface area (Å²) in [5, 5.41) is 12.1. The van der Waals surface area contributed by atoms with Gasteiger partial charge in [0.05, 0.1) is 0 Å². The first-order valence-corrected chi connectivity index (χ1v) is 5.39. The molecule has 78 valence electrons. The van der Waals surface area contributed by atoms with Crippen LogP contribution >= 0.6 is 11.3 Å². The molecule has 0 aromatic carbocycles. The lowest BCUT2D eigenvalue weighted by Gasteiger charge is -2.15. The van der Waals surface area contributed by atoms with Crippen molar-refractivity contribution in [3.63, 3.8) is 0 Å². The van der Waals surface area contributed by atoms with E-state index in [0.717, 1.165) is 11.4 Å². The van der Waals surface area contributed by atoms with Crippen LogP contribution in [0.25, 0.3) is 0 Å². The topological polar surface area (TPSA) is 54.9 Å². The van der Waals surface area contributed by atoms with Gasteiger partial charge in [-0.2, -0.15) is 0 Å². The van der Waals surface area contributed by atoms with Crippen molar-refractivity contribution < 1.29 is 4.79 Å². The highest BCUT2D eigenvalue weighted by atomic mass is 32.1. The smallest absolute Gasteiger partial charge is 0.231 e. The predicted molar refractivity (Wildman–Crippen MR) is 57.4 cm³/mol. The Hall–Kier alpha value is -0.970. The van der Waals surface area contributed by atoms with Crippen molar-refractivity contribution in [3.05, 3.63) is 5.01 Å². The van der Waals surface area contributed by atoms with Crippen LogP contribution in [0.15, 0.2) is 0 Å². The quantitative estimate of drug-likeness (QED) is 0.818. The van der Waals surface area contributed by atoms with E-state index in [1.54, 1.807) is 0 Å². The highest BCUT2D eigenvalue weighted by molar-refractivity contribution is 7.15. The molecule has 0 spiro atoms. The van der Waals surface area contributed by atoms with Crippen molar-refractivity contribution >= 4 is 22.4 Å². The van der Waals surface area contributed by atoms with Crippen LogP contribution in [0.4, 0.5) is 5.13 Å². The van der Waals surface area contributed by atoms with Gasteiger partial charge in [0.1, 0.15) is 5.01 Å². The number of carbonyl (C=O) groups is 1. The van der Waals surface area contributed by atoms with Gasteiger partial charge in [0.2, 0.25) is 11.0 Å². The van der Waals surface area contributed by atoms with Crippen molar-refractivity contribution in [2.24, 2.45) is 5.41 Å². The molecule has 1 aromatic heterocycles. The summed E-state index contributed by atoms with van der Waals surface area (Å²) in [6, 6.07) is 0. The monoisotopic (exact) mass is 213 g/mol. The van der Waals surface area contributed by atoms with Crippen LogP contribution in [-0.4, -0.2) is 16.1 Å². The van der Waals surface area contributed by atoms with Crippen molar-refractivity contribution in [1.29, 1.82) is 0 Å². The van der Waals surface area contributed by atoms with E-state index in [-0.39, 0.29) is 5.91 Å². The average molecular weight is 213 g/mol. The number of carbonyl (C=O) groups excluding carboxylic acids is 1. The van der Waals surface area contributed by atoms with Gasteiger partial charge in [-0.1, -0.05) is 39.0 Å². The van der Waals surface area contributed by atoms with Crippen LogP contribution < -0.4 is 5.32 Å². The van der Waals surface area contributed by atoms with Gasteiger partial charge in [0.15, 0.2) is 0 Å². The molecule has 0 saturated carbocycles. The summed E-state index contributed by atoms with van der Waals surface area (Å²) in [6.45, 7) is 7.61. The van der Waals surface area contributed by atoms with Crippen LogP contribution in [0.3, 0.4) is 0 Å². The van der Waals surface area contributed by atoms with Gasteiger partial charge in [0.25, 0.3) is 0 Å². The lowest BCUT2D eigenvalue weighted by molar-refractivity contribution is -0.123. The summed E-state index contributed by atoms with van der Waals surface area (Å²) >= 11 is 1.42. The summed E-state index contributed by atoms with van der Waals surface area (Å²) in [6.07, 6.45) is 0.850. The standard InChI is InChI=1S/C9H15N3OS/c1-5-6-11-12-8(14-6)10-7(13)9(2,3)4/h5H2,1-4H3,(H,10,12,13). The van der Waals surface area contributed by atoms with Gasteiger partial charge in [-0.25, -0.2) is 0 Å². The number of nitrogens with one attached hydrogen (secondary N) is 1. The lowest BCUT2D eigenvalue weighted by atomic mass is 9.96. The number of aromatic nitrogens is 2. The van der Waals surface area contributed by atoms with Crippen molar-refractivity contribution in [2.45, 2.75) is 34.1 Å². The summed E-state index contributed by atoms with van der Waals surface area (Å²) in [4.78, 5) is 11.6. The second kappa shape index (κ2) is 4.04. The molecule has 1 amide bonds. The third-order valence-corrected chi connectivity index (χ3v) is 2.65. The Balaban J connectivity index is 2.65. The van der Waals surface area contributed by atoms with E-state index in [2.05, 4.69) is 15.5 Å². The molecule has 0 aliphatic rings. The molecule has 4 nitrogen and oxygen atoms in total. The molecule has 0 fully saturated rings. The number of hydrogen-bond donors (Lipinski definition) is 1. The molecule has 14 heavy (non-hydrogen) atoms. The normalized spacial score (nSPS) is 11.4. The minimum absolute atomic E-state index is 0.0312. The van der Waals surface area contributed by atoms with E-state index >= 15 is 0 Å². The molecular weight excluding hydrogens is 198 g/mol. The lowest BCUT2D eigenvalue weighted by Crippen LogP contribution is -2.27. The van der Waals surface area contributed by atoms with E-state index in [4.69, 9.17) is 0 Å². The molecule has 0 aliphatic heterocycles. The minimum atomic E-state index is -0.391. The molecule has 0 bridgehead atoms. The summed E-state index contributed by atoms with van der Waals surface area (Å²) < 4.78 is 0. The fraction of sp³-hybridized carbons (Fsp3) is 0.667. The van der Waals surface area contributed by atoms with Crippen LogP contribution in [0.5, 0.6) is 0 Å². The molecule has 1 aromatic rings.